The van der Waals surface area contributed by atoms with Crippen molar-refractivity contribution in [3.8, 4) is 0 Å². The third kappa shape index (κ3) is 6.93. The van der Waals surface area contributed by atoms with Crippen LogP contribution >= 0.6 is 36.4 Å². The van der Waals surface area contributed by atoms with Crippen molar-refractivity contribution in [1.82, 2.24) is 15.2 Å². The van der Waals surface area contributed by atoms with E-state index in [2.05, 4.69) is 20.9 Å². The highest BCUT2D eigenvalue weighted by Gasteiger charge is 2.29. The number of furan rings is 1. The molecule has 1 aliphatic rings. The number of rotatable bonds is 6. The fraction of sp³-hybridized carbons (Fsp3) is 0.360. The lowest BCUT2D eigenvalue weighted by Gasteiger charge is -2.27. The molecule has 1 saturated carbocycles. The van der Waals surface area contributed by atoms with Crippen LogP contribution in [0.3, 0.4) is 0 Å². The van der Waals surface area contributed by atoms with Crippen molar-refractivity contribution in [3.63, 3.8) is 0 Å². The van der Waals surface area contributed by atoms with E-state index < -0.39 is 5.91 Å². The maximum Gasteiger partial charge on any atom is 0.294 e. The zero-order valence-corrected chi connectivity index (χ0v) is 23.1. The highest BCUT2D eigenvalue weighted by molar-refractivity contribution is 6.30. The Balaban J connectivity index is 0.00000241. The zero-order valence-electron chi connectivity index (χ0n) is 20.7. The molecule has 37 heavy (non-hydrogen) atoms. The molecule has 0 aliphatic heterocycles. The van der Waals surface area contributed by atoms with Crippen LogP contribution in [0.25, 0.3) is 11.0 Å². The Morgan fingerprint density at radius 1 is 1.03 bits per heavy atom. The molecule has 1 aromatic carbocycles. The van der Waals surface area contributed by atoms with Crippen molar-refractivity contribution in [2.45, 2.75) is 31.7 Å². The van der Waals surface area contributed by atoms with E-state index in [1.807, 2.05) is 7.05 Å². The average molecular weight is 571 g/mol. The van der Waals surface area contributed by atoms with Crippen LogP contribution in [0.2, 0.25) is 5.02 Å². The molecular weight excluding hydrogens is 541 g/mol. The molecule has 12 heteroatoms. The number of halogens is 3. The van der Waals surface area contributed by atoms with Gasteiger partial charge < -0.3 is 25.3 Å². The van der Waals surface area contributed by atoms with Crippen LogP contribution in [0.4, 0.5) is 11.5 Å². The van der Waals surface area contributed by atoms with Gasteiger partial charge in [-0.1, -0.05) is 11.6 Å². The van der Waals surface area contributed by atoms with Gasteiger partial charge in [0.05, 0.1) is 5.02 Å². The van der Waals surface area contributed by atoms with Crippen LogP contribution in [-0.4, -0.2) is 54.8 Å². The van der Waals surface area contributed by atoms with Crippen molar-refractivity contribution in [2.75, 3.05) is 31.8 Å². The number of nitrogens with zero attached hydrogens (tertiary/aromatic N) is 2. The number of nitrogens with one attached hydrogen (secondary N) is 3. The molecule has 200 valence electrons. The van der Waals surface area contributed by atoms with Gasteiger partial charge in [-0.05, 0) is 63.1 Å². The summed E-state index contributed by atoms with van der Waals surface area (Å²) in [5.74, 6) is -0.914. The first-order valence-corrected chi connectivity index (χ1v) is 11.8. The molecule has 0 atom stereocenters. The second-order valence-electron chi connectivity index (χ2n) is 8.86. The van der Waals surface area contributed by atoms with Crippen LogP contribution in [0, 0.1) is 5.92 Å². The van der Waals surface area contributed by atoms with Crippen molar-refractivity contribution >= 4 is 76.6 Å². The molecular formula is C25H30Cl3N5O4. The van der Waals surface area contributed by atoms with Crippen molar-refractivity contribution in [3.05, 3.63) is 52.9 Å². The number of amides is 3. The molecule has 0 spiro atoms. The molecule has 3 amide bonds. The van der Waals surface area contributed by atoms with Gasteiger partial charge in [0.25, 0.3) is 11.8 Å². The maximum absolute atomic E-state index is 13.2. The SMILES string of the molecule is CN[C@H]1CC[C@H](C(=O)Nc2c(C(=O)Nc3ccc(Cl)cn3)oc3ccc(C(=O)N(C)C)cc23)CC1.Cl.Cl. The maximum atomic E-state index is 13.2. The zero-order chi connectivity index (χ0) is 25.1. The number of carbonyl (C=O) groups excluding carboxylic acids is 3. The van der Waals surface area contributed by atoms with Gasteiger partial charge in [-0.2, -0.15) is 0 Å². The highest BCUT2D eigenvalue weighted by Crippen LogP contribution is 2.34. The van der Waals surface area contributed by atoms with Gasteiger partial charge in [-0.15, -0.1) is 24.8 Å². The predicted molar refractivity (Wildman–Crippen MR) is 149 cm³/mol. The summed E-state index contributed by atoms with van der Waals surface area (Å²) in [7, 11) is 5.24. The molecule has 4 rings (SSSR count). The molecule has 0 saturated heterocycles. The van der Waals surface area contributed by atoms with Crippen LogP contribution in [0.5, 0.6) is 0 Å². The Morgan fingerprint density at radius 2 is 1.73 bits per heavy atom. The van der Waals surface area contributed by atoms with Crippen LogP contribution < -0.4 is 16.0 Å². The molecule has 1 fully saturated rings. The van der Waals surface area contributed by atoms with Crippen molar-refractivity contribution < 1.29 is 18.8 Å². The number of fused-ring (bicyclic) bond motifs is 1. The number of aromatic nitrogens is 1. The molecule has 1 aliphatic carbocycles. The van der Waals surface area contributed by atoms with Crippen LogP contribution in [0.15, 0.2) is 40.9 Å². The van der Waals surface area contributed by atoms with Crippen molar-refractivity contribution in [2.24, 2.45) is 5.92 Å². The summed E-state index contributed by atoms with van der Waals surface area (Å²) in [5, 5.41) is 9.77. The largest absolute Gasteiger partial charge is 0.449 e. The van der Waals surface area contributed by atoms with Gasteiger partial charge in [0.15, 0.2) is 0 Å². The van der Waals surface area contributed by atoms with Gasteiger partial charge in [0.1, 0.15) is 17.1 Å². The van der Waals surface area contributed by atoms with Gasteiger partial charge in [0, 0.05) is 43.2 Å². The summed E-state index contributed by atoms with van der Waals surface area (Å²) in [5.41, 5.74) is 1.03. The monoisotopic (exact) mass is 569 g/mol. The van der Waals surface area contributed by atoms with Crippen LogP contribution in [0.1, 0.15) is 46.6 Å². The second-order valence-corrected chi connectivity index (χ2v) is 9.30. The van der Waals surface area contributed by atoms with Crippen molar-refractivity contribution in [1.29, 1.82) is 0 Å². The summed E-state index contributed by atoms with van der Waals surface area (Å²) in [6, 6.07) is 8.45. The fourth-order valence-corrected chi connectivity index (χ4v) is 4.38. The van der Waals surface area contributed by atoms with Gasteiger partial charge in [0.2, 0.25) is 11.7 Å². The first kappa shape index (κ1) is 30.4. The molecule has 2 heterocycles. The lowest BCUT2D eigenvalue weighted by Crippen LogP contribution is -2.34. The first-order valence-electron chi connectivity index (χ1n) is 11.5. The molecule has 3 N–H and O–H groups in total. The minimum absolute atomic E-state index is 0. The number of hydrogen-bond acceptors (Lipinski definition) is 6. The van der Waals surface area contributed by atoms with E-state index in [0.717, 1.165) is 25.7 Å². The minimum atomic E-state index is -0.578. The Bertz CT molecular complexity index is 1260. The van der Waals surface area contributed by atoms with E-state index in [0.29, 0.717) is 27.6 Å². The molecule has 0 unspecified atom stereocenters. The van der Waals surface area contributed by atoms with E-state index in [1.54, 1.807) is 44.4 Å². The lowest BCUT2D eigenvalue weighted by atomic mass is 9.85. The first-order chi connectivity index (χ1) is 16.8. The summed E-state index contributed by atoms with van der Waals surface area (Å²) in [6.07, 6.45) is 4.70. The Kier molecular flexibility index (Phi) is 10.8. The van der Waals surface area contributed by atoms with E-state index in [9.17, 15) is 14.4 Å². The Morgan fingerprint density at radius 3 is 2.32 bits per heavy atom. The Labute approximate surface area is 232 Å². The summed E-state index contributed by atoms with van der Waals surface area (Å²) in [6.45, 7) is 0. The summed E-state index contributed by atoms with van der Waals surface area (Å²) >= 11 is 5.88. The van der Waals surface area contributed by atoms with Gasteiger partial charge in [-0.25, -0.2) is 4.98 Å². The predicted octanol–water partition coefficient (Wildman–Crippen LogP) is 5.00. The number of anilines is 2. The van der Waals surface area contributed by atoms with E-state index in [1.165, 1.54) is 11.1 Å². The van der Waals surface area contributed by atoms with Gasteiger partial charge in [-0.3, -0.25) is 14.4 Å². The van der Waals surface area contributed by atoms with E-state index in [-0.39, 0.29) is 59.8 Å². The molecule has 0 radical (unpaired) electrons. The second kappa shape index (κ2) is 13.1. The minimum Gasteiger partial charge on any atom is -0.449 e. The normalized spacial score (nSPS) is 16.8. The van der Waals surface area contributed by atoms with E-state index in [4.69, 9.17) is 16.0 Å². The smallest absolute Gasteiger partial charge is 0.294 e. The molecule has 9 nitrogen and oxygen atoms in total. The quantitative estimate of drug-likeness (QED) is 0.384. The third-order valence-electron chi connectivity index (χ3n) is 6.27. The lowest BCUT2D eigenvalue weighted by molar-refractivity contribution is -0.120. The summed E-state index contributed by atoms with van der Waals surface area (Å²) in [4.78, 5) is 44.4. The van der Waals surface area contributed by atoms with Crippen LogP contribution in [-0.2, 0) is 4.79 Å². The molecule has 3 aromatic rings. The molecule has 0 bridgehead atoms. The van der Waals surface area contributed by atoms with E-state index >= 15 is 0 Å². The topological polar surface area (TPSA) is 117 Å². The third-order valence-corrected chi connectivity index (χ3v) is 6.49. The number of carbonyl (C=O) groups is 3. The van der Waals surface area contributed by atoms with Gasteiger partial charge >= 0.3 is 0 Å². The standard InChI is InChI=1S/C25H28ClN5O4.2ClH/c1-27-17-8-4-14(5-9-17)23(32)30-21-18-12-15(25(34)31(2)3)6-10-19(18)35-22(21)24(33)29-20-11-7-16(26)13-28-20;;/h6-7,10-14,17,27H,4-5,8-9H2,1-3H3,(H,30,32)(H,28,29,33);2*1H/t14-,17-;;. The fourth-order valence-electron chi connectivity index (χ4n) is 4.27. The summed E-state index contributed by atoms with van der Waals surface area (Å²) < 4.78 is 5.86. The number of pyridine rings is 1. The number of benzene rings is 1. The molecule has 2 aromatic heterocycles. The average Bonchev–Trinajstić information content (AvgIpc) is 3.22. The highest BCUT2D eigenvalue weighted by atomic mass is 35.5. The Hall–Kier alpha value is -2.85. The number of hydrogen-bond donors (Lipinski definition) is 3.